The van der Waals surface area contributed by atoms with E-state index in [-0.39, 0.29) is 19.3 Å². The Balaban J connectivity index is 2.20. The van der Waals surface area contributed by atoms with Crippen LogP contribution in [0.4, 0.5) is 0 Å². The molecule has 0 radical (unpaired) electrons. The maximum absolute atomic E-state index is 12.8. The fourth-order valence-corrected chi connectivity index (χ4v) is 5.60. The van der Waals surface area contributed by atoms with Crippen LogP contribution in [0, 0.1) is 5.92 Å². The van der Waals surface area contributed by atoms with Crippen LogP contribution in [-0.4, -0.2) is 69.2 Å². The third-order valence-electron chi connectivity index (χ3n) is 7.78. The first-order valence-corrected chi connectivity index (χ1v) is 12.2. The van der Waals surface area contributed by atoms with Crippen molar-refractivity contribution in [3.63, 3.8) is 0 Å². The van der Waals surface area contributed by atoms with Crippen molar-refractivity contribution in [1.29, 1.82) is 0 Å². The number of esters is 4. The number of carbonyl (C=O) groups excluding carboxylic acids is 4. The minimum absolute atomic E-state index is 0.0476. The molecule has 0 spiro atoms. The molecule has 36 heavy (non-hydrogen) atoms. The van der Waals surface area contributed by atoms with Crippen molar-refractivity contribution in [2.75, 3.05) is 0 Å². The van der Waals surface area contributed by atoms with Crippen molar-refractivity contribution in [3.8, 4) is 0 Å². The van der Waals surface area contributed by atoms with Crippen molar-refractivity contribution in [2.24, 2.45) is 5.92 Å². The van der Waals surface area contributed by atoms with Crippen LogP contribution in [0.15, 0.2) is 22.8 Å². The van der Waals surface area contributed by atoms with E-state index in [1.165, 1.54) is 6.92 Å². The highest BCUT2D eigenvalue weighted by molar-refractivity contribution is 5.88. The maximum atomic E-state index is 12.8. The minimum atomic E-state index is -2.44. The van der Waals surface area contributed by atoms with Gasteiger partial charge in [-0.3, -0.25) is 9.59 Å². The van der Waals surface area contributed by atoms with E-state index in [4.69, 9.17) is 18.9 Å². The predicted octanol–water partition coefficient (Wildman–Crippen LogP) is 2.05. The van der Waals surface area contributed by atoms with Crippen molar-refractivity contribution in [2.45, 2.75) is 109 Å². The summed E-state index contributed by atoms with van der Waals surface area (Å²) in [4.78, 5) is 50.0. The van der Waals surface area contributed by atoms with Crippen molar-refractivity contribution >= 4 is 23.9 Å². The molecule has 0 aromatic rings. The standard InChI is InChI=1S/C26H36O10/c1-8-10-19(28)34-18-12-24(6,36-15(5)27)16-11-17(33-22(29)13(3)9-2)14(4)20(16)21-26(18,32)25(7,31)23(30)35-21/h9,16-18,21,31-32H,8,10-12H2,1-7H3/b13-9+/t16-,17-,18+,21+,24+,25-,26-/m0/s1. The van der Waals surface area contributed by atoms with Gasteiger partial charge < -0.3 is 29.2 Å². The lowest BCUT2D eigenvalue weighted by atomic mass is 9.75. The molecule has 2 N–H and O–H groups in total. The number of rotatable bonds is 6. The Kier molecular flexibility index (Phi) is 7.45. The summed E-state index contributed by atoms with van der Waals surface area (Å²) in [7, 11) is 0. The Morgan fingerprint density at radius 2 is 1.81 bits per heavy atom. The van der Waals surface area contributed by atoms with Gasteiger partial charge in [-0.1, -0.05) is 13.0 Å². The molecular weight excluding hydrogens is 472 g/mol. The zero-order valence-corrected chi connectivity index (χ0v) is 21.9. The molecule has 1 heterocycles. The van der Waals surface area contributed by atoms with Crippen LogP contribution in [0.1, 0.15) is 74.1 Å². The number of aliphatic hydroxyl groups is 2. The Bertz CT molecular complexity index is 1020. The molecule has 0 aromatic heterocycles. The van der Waals surface area contributed by atoms with Crippen molar-refractivity contribution in [3.05, 3.63) is 22.8 Å². The summed E-state index contributed by atoms with van der Waals surface area (Å²) in [6.07, 6.45) is -1.52. The number of fused-ring (bicyclic) bond motifs is 3. The Hall–Kier alpha value is -2.72. The van der Waals surface area contributed by atoms with E-state index < -0.39 is 64.9 Å². The molecule has 1 saturated carbocycles. The first kappa shape index (κ1) is 27.9. The highest BCUT2D eigenvalue weighted by Gasteiger charge is 2.74. The Labute approximate surface area is 210 Å². The van der Waals surface area contributed by atoms with Gasteiger partial charge in [0.05, 0.1) is 0 Å². The van der Waals surface area contributed by atoms with Gasteiger partial charge in [0.15, 0.2) is 17.3 Å². The number of hydrogen-bond acceptors (Lipinski definition) is 10. The summed E-state index contributed by atoms with van der Waals surface area (Å²) in [5.41, 5.74) is -4.90. The molecule has 0 bridgehead atoms. The fourth-order valence-electron chi connectivity index (χ4n) is 5.60. The second-order valence-corrected chi connectivity index (χ2v) is 10.3. The van der Waals surface area contributed by atoms with Gasteiger partial charge in [-0.2, -0.15) is 0 Å². The topological polar surface area (TPSA) is 146 Å². The number of ether oxygens (including phenoxy) is 4. The quantitative estimate of drug-likeness (QED) is 0.237. The van der Waals surface area contributed by atoms with Crippen LogP contribution in [0.3, 0.4) is 0 Å². The van der Waals surface area contributed by atoms with E-state index in [2.05, 4.69) is 0 Å². The normalized spacial score (nSPS) is 38.0. The van der Waals surface area contributed by atoms with Gasteiger partial charge in [-0.15, -0.1) is 0 Å². The van der Waals surface area contributed by atoms with Crippen molar-refractivity contribution < 1.29 is 48.3 Å². The molecule has 10 nitrogen and oxygen atoms in total. The van der Waals surface area contributed by atoms with Crippen LogP contribution in [0.25, 0.3) is 0 Å². The Morgan fingerprint density at radius 3 is 2.36 bits per heavy atom. The van der Waals surface area contributed by atoms with E-state index in [0.717, 1.165) is 6.92 Å². The fraction of sp³-hybridized carbons (Fsp3) is 0.692. The third-order valence-corrected chi connectivity index (χ3v) is 7.78. The molecule has 200 valence electrons. The SMILES string of the molecule is C/C=C(\C)C(=O)O[C@H]1C[C@H]2C(=C1C)[C@H]1OC(=O)[C@](C)(O)[C@]1(O)[C@H](OC(=O)CCC)C[C@@]2(C)OC(C)=O. The van der Waals surface area contributed by atoms with Gasteiger partial charge in [0.25, 0.3) is 0 Å². The maximum Gasteiger partial charge on any atom is 0.341 e. The molecule has 2 aliphatic carbocycles. The summed E-state index contributed by atoms with van der Waals surface area (Å²) < 4.78 is 22.7. The third kappa shape index (κ3) is 4.34. The van der Waals surface area contributed by atoms with Crippen LogP contribution < -0.4 is 0 Å². The van der Waals surface area contributed by atoms with Crippen LogP contribution >= 0.6 is 0 Å². The lowest BCUT2D eigenvalue weighted by molar-refractivity contribution is -0.210. The summed E-state index contributed by atoms with van der Waals surface area (Å²) in [5.74, 6) is -3.53. The van der Waals surface area contributed by atoms with Gasteiger partial charge in [0, 0.05) is 31.3 Å². The summed E-state index contributed by atoms with van der Waals surface area (Å²) in [6.45, 7) is 10.8. The van der Waals surface area contributed by atoms with Crippen molar-refractivity contribution in [1.82, 2.24) is 0 Å². The molecule has 2 fully saturated rings. The molecule has 3 aliphatic rings. The lowest BCUT2D eigenvalue weighted by Crippen LogP contribution is -2.64. The molecule has 1 saturated heterocycles. The molecule has 3 rings (SSSR count). The summed E-state index contributed by atoms with van der Waals surface area (Å²) in [5, 5.41) is 23.2. The molecule has 0 unspecified atom stereocenters. The second-order valence-electron chi connectivity index (χ2n) is 10.3. The lowest BCUT2D eigenvalue weighted by Gasteiger charge is -2.41. The number of carbonyl (C=O) groups is 4. The van der Waals surface area contributed by atoms with Gasteiger partial charge in [-0.25, -0.2) is 9.59 Å². The molecular formula is C26H36O10. The summed E-state index contributed by atoms with van der Waals surface area (Å²) >= 11 is 0. The van der Waals surface area contributed by atoms with E-state index in [1.54, 1.807) is 40.7 Å². The average molecular weight is 509 g/mol. The number of allylic oxidation sites excluding steroid dienone is 1. The predicted molar refractivity (Wildman–Crippen MR) is 125 cm³/mol. The average Bonchev–Trinajstić information content (AvgIpc) is 3.16. The van der Waals surface area contributed by atoms with Gasteiger partial charge in [0.2, 0.25) is 0 Å². The van der Waals surface area contributed by atoms with Gasteiger partial charge in [-0.05, 0) is 58.6 Å². The van der Waals surface area contributed by atoms with Gasteiger partial charge in [0.1, 0.15) is 17.8 Å². The minimum Gasteiger partial charge on any atom is -0.459 e. The highest BCUT2D eigenvalue weighted by atomic mass is 16.6. The monoisotopic (exact) mass is 508 g/mol. The first-order chi connectivity index (χ1) is 16.6. The zero-order valence-electron chi connectivity index (χ0n) is 21.9. The van der Waals surface area contributed by atoms with Crippen LogP contribution in [0.2, 0.25) is 0 Å². The van der Waals surface area contributed by atoms with E-state index in [0.29, 0.717) is 23.1 Å². The molecule has 1 aliphatic heterocycles. The largest absolute Gasteiger partial charge is 0.459 e. The van der Waals surface area contributed by atoms with E-state index in [9.17, 15) is 29.4 Å². The van der Waals surface area contributed by atoms with Crippen LogP contribution in [-0.2, 0) is 38.1 Å². The Morgan fingerprint density at radius 1 is 1.17 bits per heavy atom. The zero-order chi connectivity index (χ0) is 27.2. The van der Waals surface area contributed by atoms with Crippen LogP contribution in [0.5, 0.6) is 0 Å². The molecule has 7 atom stereocenters. The first-order valence-electron chi connectivity index (χ1n) is 12.2. The van der Waals surface area contributed by atoms with E-state index in [1.807, 2.05) is 0 Å². The summed E-state index contributed by atoms with van der Waals surface area (Å²) in [6, 6.07) is 0. The number of hydrogen-bond donors (Lipinski definition) is 2. The van der Waals surface area contributed by atoms with Gasteiger partial charge >= 0.3 is 23.9 Å². The molecule has 10 heteroatoms. The molecule has 0 amide bonds. The smallest absolute Gasteiger partial charge is 0.341 e. The van der Waals surface area contributed by atoms with E-state index >= 15 is 0 Å². The second kappa shape index (κ2) is 9.63. The molecule has 0 aromatic carbocycles. The highest BCUT2D eigenvalue weighted by Crippen LogP contribution is 2.56.